The maximum Gasteiger partial charge on any atom is 0.316 e. The van der Waals surface area contributed by atoms with Crippen LogP contribution < -0.4 is 10.1 Å². The molecule has 7 nitrogen and oxygen atoms in total. The molecule has 1 heterocycles. The van der Waals surface area contributed by atoms with Crippen molar-refractivity contribution in [3.05, 3.63) is 30.2 Å². The van der Waals surface area contributed by atoms with Crippen molar-refractivity contribution in [2.45, 2.75) is 26.4 Å². The maximum atomic E-state index is 11.9. The molecular weight excluding hydrogens is 298 g/mol. The van der Waals surface area contributed by atoms with Crippen molar-refractivity contribution >= 4 is 5.91 Å². The number of nitrogens with one attached hydrogen (secondary N) is 1. The van der Waals surface area contributed by atoms with E-state index >= 15 is 0 Å². The Bertz CT molecular complexity index is 623. The molecule has 23 heavy (non-hydrogen) atoms. The van der Waals surface area contributed by atoms with E-state index in [4.69, 9.17) is 14.0 Å². The minimum Gasteiger partial charge on any atom is -0.491 e. The Hall–Kier alpha value is -2.41. The highest BCUT2D eigenvalue weighted by Gasteiger charge is 2.15. The van der Waals surface area contributed by atoms with Crippen molar-refractivity contribution in [1.82, 2.24) is 15.5 Å². The van der Waals surface area contributed by atoms with Crippen molar-refractivity contribution < 1.29 is 18.8 Å². The third-order valence-corrected chi connectivity index (χ3v) is 2.92. The number of carbonyl (C=O) groups is 1. The van der Waals surface area contributed by atoms with Gasteiger partial charge in [-0.25, -0.2) is 0 Å². The largest absolute Gasteiger partial charge is 0.491 e. The van der Waals surface area contributed by atoms with Gasteiger partial charge in [0.2, 0.25) is 5.82 Å². The van der Waals surface area contributed by atoms with E-state index in [1.807, 2.05) is 38.1 Å². The summed E-state index contributed by atoms with van der Waals surface area (Å²) >= 11 is 0. The Balaban J connectivity index is 1.97. The van der Waals surface area contributed by atoms with Crippen LogP contribution in [0.15, 0.2) is 28.8 Å². The van der Waals surface area contributed by atoms with Crippen molar-refractivity contribution in [1.29, 1.82) is 0 Å². The Kier molecular flexibility index (Phi) is 6.10. The fourth-order valence-corrected chi connectivity index (χ4v) is 1.88. The Morgan fingerprint density at radius 1 is 1.30 bits per heavy atom. The summed E-state index contributed by atoms with van der Waals surface area (Å²) in [6.45, 7) is 5.00. The van der Waals surface area contributed by atoms with Gasteiger partial charge in [0.05, 0.1) is 6.10 Å². The quantitative estimate of drug-likeness (QED) is 0.751. The van der Waals surface area contributed by atoms with Gasteiger partial charge in [-0.3, -0.25) is 4.79 Å². The predicted molar refractivity (Wildman–Crippen MR) is 84.3 cm³/mol. The van der Waals surface area contributed by atoms with E-state index in [0.29, 0.717) is 19.0 Å². The van der Waals surface area contributed by atoms with Gasteiger partial charge in [-0.15, -0.1) is 0 Å². The number of hydrogen-bond donors (Lipinski definition) is 1. The molecule has 0 aliphatic heterocycles. The van der Waals surface area contributed by atoms with E-state index in [1.54, 1.807) is 7.11 Å². The third-order valence-electron chi connectivity index (χ3n) is 2.92. The van der Waals surface area contributed by atoms with Crippen LogP contribution in [0.1, 0.15) is 31.0 Å². The molecule has 0 saturated carbocycles. The molecule has 0 fully saturated rings. The number of nitrogens with zero attached hydrogens (tertiary/aromatic N) is 2. The van der Waals surface area contributed by atoms with Crippen LogP contribution in [-0.2, 0) is 4.74 Å². The average Bonchev–Trinajstić information content (AvgIpc) is 3.01. The van der Waals surface area contributed by atoms with Crippen LogP contribution in [-0.4, -0.2) is 42.4 Å². The van der Waals surface area contributed by atoms with Crippen molar-refractivity contribution in [2.24, 2.45) is 0 Å². The van der Waals surface area contributed by atoms with Crippen LogP contribution in [0, 0.1) is 0 Å². The lowest BCUT2D eigenvalue weighted by atomic mass is 10.2. The summed E-state index contributed by atoms with van der Waals surface area (Å²) in [5, 5.41) is 6.52. The normalized spacial score (nSPS) is 10.8. The van der Waals surface area contributed by atoms with Gasteiger partial charge >= 0.3 is 11.8 Å². The zero-order valence-electron chi connectivity index (χ0n) is 13.5. The molecule has 0 radical (unpaired) electrons. The molecular formula is C16H21N3O4. The first-order chi connectivity index (χ1) is 11.1. The maximum absolute atomic E-state index is 11.9. The van der Waals surface area contributed by atoms with E-state index in [2.05, 4.69) is 15.5 Å². The topological polar surface area (TPSA) is 86.5 Å². The molecule has 0 saturated heterocycles. The van der Waals surface area contributed by atoms with Crippen LogP contribution in [0.3, 0.4) is 0 Å². The summed E-state index contributed by atoms with van der Waals surface area (Å²) in [4.78, 5) is 16.0. The van der Waals surface area contributed by atoms with Crippen molar-refractivity contribution in [3.8, 4) is 17.1 Å². The molecule has 0 spiro atoms. The number of ether oxygens (including phenoxy) is 2. The fraction of sp³-hybridized carbons (Fsp3) is 0.438. The zero-order chi connectivity index (χ0) is 16.7. The number of hydrogen-bond acceptors (Lipinski definition) is 6. The third kappa shape index (κ3) is 5.07. The minimum absolute atomic E-state index is 0.0556. The summed E-state index contributed by atoms with van der Waals surface area (Å²) in [7, 11) is 1.61. The number of rotatable bonds is 8. The molecule has 0 atom stereocenters. The van der Waals surface area contributed by atoms with Crippen LogP contribution in [0.4, 0.5) is 0 Å². The highest BCUT2D eigenvalue weighted by Crippen LogP contribution is 2.20. The van der Waals surface area contributed by atoms with E-state index in [9.17, 15) is 4.79 Å². The molecule has 1 aromatic heterocycles. The zero-order valence-corrected chi connectivity index (χ0v) is 13.5. The van der Waals surface area contributed by atoms with E-state index < -0.39 is 0 Å². The molecule has 0 aliphatic carbocycles. The molecule has 124 valence electrons. The van der Waals surface area contributed by atoms with Gasteiger partial charge in [0.1, 0.15) is 5.75 Å². The van der Waals surface area contributed by atoms with Crippen molar-refractivity contribution in [2.75, 3.05) is 20.3 Å². The number of amides is 1. The molecule has 7 heteroatoms. The number of methoxy groups -OCH3 is 1. The van der Waals surface area contributed by atoms with Gasteiger partial charge < -0.3 is 19.3 Å². The smallest absolute Gasteiger partial charge is 0.316 e. The monoisotopic (exact) mass is 319 g/mol. The Labute approximate surface area is 135 Å². The highest BCUT2D eigenvalue weighted by molar-refractivity contribution is 5.89. The minimum atomic E-state index is -0.389. The first-order valence-electron chi connectivity index (χ1n) is 7.48. The van der Waals surface area contributed by atoms with E-state index in [0.717, 1.165) is 17.7 Å². The van der Waals surface area contributed by atoms with Gasteiger partial charge in [-0.1, -0.05) is 5.16 Å². The Morgan fingerprint density at radius 3 is 2.70 bits per heavy atom. The SMILES string of the molecule is COCCCNC(=O)c1nc(-c2ccc(OC(C)C)cc2)no1. The lowest BCUT2D eigenvalue weighted by Gasteiger charge is -2.09. The second-order valence-corrected chi connectivity index (χ2v) is 5.22. The predicted octanol–water partition coefficient (Wildman–Crippen LogP) is 2.29. The second kappa shape index (κ2) is 8.28. The first kappa shape index (κ1) is 17.0. The summed E-state index contributed by atoms with van der Waals surface area (Å²) in [5.41, 5.74) is 0.753. The molecule has 2 rings (SSSR count). The van der Waals surface area contributed by atoms with Crippen LogP contribution in [0.25, 0.3) is 11.4 Å². The number of carbonyl (C=O) groups excluding carboxylic acids is 1. The molecule has 0 bridgehead atoms. The summed E-state index contributed by atoms with van der Waals surface area (Å²) in [6.07, 6.45) is 0.833. The number of benzene rings is 1. The molecule has 1 aromatic carbocycles. The van der Waals surface area contributed by atoms with Crippen molar-refractivity contribution in [3.63, 3.8) is 0 Å². The fourth-order valence-electron chi connectivity index (χ4n) is 1.88. The van der Waals surface area contributed by atoms with Crippen LogP contribution in [0.2, 0.25) is 0 Å². The van der Waals surface area contributed by atoms with Gasteiger partial charge in [-0.05, 0) is 44.5 Å². The lowest BCUT2D eigenvalue weighted by molar-refractivity contribution is 0.0905. The molecule has 0 aliphatic rings. The standard InChI is InChI=1S/C16H21N3O4/c1-11(2)22-13-7-5-12(6-8-13)14-18-16(23-19-14)15(20)17-9-4-10-21-3/h5-8,11H,4,9-10H2,1-3H3,(H,17,20). The second-order valence-electron chi connectivity index (χ2n) is 5.22. The Morgan fingerprint density at radius 2 is 2.04 bits per heavy atom. The average molecular weight is 319 g/mol. The summed E-state index contributed by atoms with van der Waals surface area (Å²) in [6, 6.07) is 7.30. The van der Waals surface area contributed by atoms with E-state index in [1.165, 1.54) is 0 Å². The molecule has 1 amide bonds. The summed E-state index contributed by atoms with van der Waals surface area (Å²) < 4.78 is 15.5. The highest BCUT2D eigenvalue weighted by atomic mass is 16.5. The molecule has 0 unspecified atom stereocenters. The van der Waals surface area contributed by atoms with Gasteiger partial charge in [-0.2, -0.15) is 4.98 Å². The number of aromatic nitrogens is 2. The summed E-state index contributed by atoms with van der Waals surface area (Å²) in [5.74, 6) is 0.686. The lowest BCUT2D eigenvalue weighted by Crippen LogP contribution is -2.25. The van der Waals surface area contributed by atoms with Crippen LogP contribution >= 0.6 is 0 Å². The van der Waals surface area contributed by atoms with Crippen LogP contribution in [0.5, 0.6) is 5.75 Å². The van der Waals surface area contributed by atoms with Gasteiger partial charge in [0.25, 0.3) is 0 Å². The molecule has 2 aromatic rings. The van der Waals surface area contributed by atoms with Gasteiger partial charge in [0.15, 0.2) is 0 Å². The first-order valence-corrected chi connectivity index (χ1v) is 7.48. The van der Waals surface area contributed by atoms with E-state index in [-0.39, 0.29) is 17.9 Å². The molecule has 1 N–H and O–H groups in total. The van der Waals surface area contributed by atoms with Gasteiger partial charge in [0, 0.05) is 25.8 Å².